The Morgan fingerprint density at radius 3 is 2.47 bits per heavy atom. The maximum atomic E-state index is 12.3. The molecule has 4 nitrogen and oxygen atoms in total. The van der Waals surface area contributed by atoms with Crippen LogP contribution in [0.5, 0.6) is 0 Å². The number of sulfonamides is 1. The molecule has 1 aromatic rings. The van der Waals surface area contributed by atoms with Gasteiger partial charge in [0.1, 0.15) is 9.20 Å². The minimum absolute atomic E-state index is 0.0691. The van der Waals surface area contributed by atoms with Crippen LogP contribution in [0, 0.1) is 0 Å². The van der Waals surface area contributed by atoms with Gasteiger partial charge in [-0.1, -0.05) is 19.1 Å². The van der Waals surface area contributed by atoms with Crippen molar-refractivity contribution in [2.24, 2.45) is 5.73 Å². The third-order valence-corrected chi connectivity index (χ3v) is 6.36. The van der Waals surface area contributed by atoms with E-state index in [2.05, 4.69) is 0 Å². The summed E-state index contributed by atoms with van der Waals surface area (Å²) in [5, 5.41) is 0. The Bertz CT molecular complexity index is 505. The molecule has 0 spiro atoms. The quantitative estimate of drug-likeness (QED) is 0.841. The molecule has 1 rings (SSSR count). The summed E-state index contributed by atoms with van der Waals surface area (Å²) in [6.07, 6.45) is 0. The molecule has 0 aromatic carbocycles. The third-order valence-electron chi connectivity index (χ3n) is 2.27. The molecule has 0 unspecified atom stereocenters. The molecule has 0 aliphatic heterocycles. The second-order valence-corrected chi connectivity index (χ2v) is 7.43. The van der Waals surface area contributed by atoms with Crippen molar-refractivity contribution in [2.75, 3.05) is 6.54 Å². The third kappa shape index (κ3) is 3.04. The van der Waals surface area contributed by atoms with Gasteiger partial charge in [-0.2, -0.15) is 4.31 Å². The van der Waals surface area contributed by atoms with E-state index in [1.165, 1.54) is 4.31 Å². The number of hydrogen-bond acceptors (Lipinski definition) is 4. The number of thiocarbonyl (C=S) groups is 1. The van der Waals surface area contributed by atoms with Crippen LogP contribution in [0.15, 0.2) is 16.3 Å². The van der Waals surface area contributed by atoms with Gasteiger partial charge in [0.05, 0.1) is 4.88 Å². The molecule has 96 valence electrons. The topological polar surface area (TPSA) is 63.4 Å². The van der Waals surface area contributed by atoms with Gasteiger partial charge in [-0.25, -0.2) is 8.42 Å². The van der Waals surface area contributed by atoms with E-state index in [1.54, 1.807) is 12.1 Å². The Morgan fingerprint density at radius 2 is 2.12 bits per heavy atom. The summed E-state index contributed by atoms with van der Waals surface area (Å²) in [5.41, 5.74) is 5.47. The first-order valence-electron chi connectivity index (χ1n) is 5.22. The van der Waals surface area contributed by atoms with Crippen molar-refractivity contribution in [3.8, 4) is 0 Å². The molecule has 0 radical (unpaired) electrons. The van der Waals surface area contributed by atoms with E-state index in [9.17, 15) is 8.42 Å². The zero-order chi connectivity index (χ0) is 13.2. The smallest absolute Gasteiger partial charge is 0.252 e. The largest absolute Gasteiger partial charge is 0.389 e. The average molecular weight is 292 g/mol. The molecular formula is C10H16N2O2S3. The van der Waals surface area contributed by atoms with Gasteiger partial charge in [0.2, 0.25) is 0 Å². The van der Waals surface area contributed by atoms with Gasteiger partial charge in [0, 0.05) is 12.6 Å². The Hall–Kier alpha value is -0.500. The summed E-state index contributed by atoms with van der Waals surface area (Å²) >= 11 is 5.94. The van der Waals surface area contributed by atoms with Crippen LogP contribution in [0.3, 0.4) is 0 Å². The highest BCUT2D eigenvalue weighted by Gasteiger charge is 2.27. The normalized spacial score (nSPS) is 12.3. The van der Waals surface area contributed by atoms with Crippen molar-refractivity contribution in [3.05, 3.63) is 17.0 Å². The van der Waals surface area contributed by atoms with E-state index < -0.39 is 10.0 Å². The van der Waals surface area contributed by atoms with E-state index in [4.69, 9.17) is 18.0 Å². The number of rotatable bonds is 5. The van der Waals surface area contributed by atoms with E-state index >= 15 is 0 Å². The molecule has 0 bridgehead atoms. The zero-order valence-electron chi connectivity index (χ0n) is 10.0. The molecule has 0 fully saturated rings. The molecule has 0 saturated heterocycles. The van der Waals surface area contributed by atoms with Gasteiger partial charge >= 0.3 is 0 Å². The van der Waals surface area contributed by atoms with Crippen molar-refractivity contribution < 1.29 is 8.42 Å². The first-order valence-corrected chi connectivity index (χ1v) is 7.88. The van der Waals surface area contributed by atoms with E-state index in [1.807, 2.05) is 20.8 Å². The summed E-state index contributed by atoms with van der Waals surface area (Å²) < 4.78 is 26.3. The van der Waals surface area contributed by atoms with Gasteiger partial charge < -0.3 is 5.73 Å². The predicted octanol–water partition coefficient (Wildman–Crippen LogP) is 1.80. The lowest BCUT2D eigenvalue weighted by atomic mass is 10.4. The van der Waals surface area contributed by atoms with Crippen LogP contribution in [0.1, 0.15) is 25.6 Å². The lowest BCUT2D eigenvalue weighted by molar-refractivity contribution is 0.370. The minimum atomic E-state index is -3.43. The summed E-state index contributed by atoms with van der Waals surface area (Å²) in [4.78, 5) is 0.849. The van der Waals surface area contributed by atoms with Crippen molar-refractivity contribution in [3.63, 3.8) is 0 Å². The first-order chi connectivity index (χ1) is 7.80. The van der Waals surface area contributed by atoms with Crippen molar-refractivity contribution >= 4 is 38.6 Å². The molecule has 0 amide bonds. The summed E-state index contributed by atoms with van der Waals surface area (Å²) in [7, 11) is -3.43. The van der Waals surface area contributed by atoms with Crippen molar-refractivity contribution in [1.29, 1.82) is 0 Å². The molecule has 1 aromatic heterocycles. The van der Waals surface area contributed by atoms with Crippen LogP contribution >= 0.6 is 23.6 Å². The number of thiophene rings is 1. The van der Waals surface area contributed by atoms with Crippen LogP contribution in [0.25, 0.3) is 0 Å². The van der Waals surface area contributed by atoms with Crippen LogP contribution in [-0.4, -0.2) is 30.3 Å². The average Bonchev–Trinajstić information content (AvgIpc) is 2.66. The highest BCUT2D eigenvalue weighted by atomic mass is 32.2. The second kappa shape index (κ2) is 5.43. The predicted molar refractivity (Wildman–Crippen MR) is 74.9 cm³/mol. The SMILES string of the molecule is CCN(C(C)C)S(=O)(=O)c1ccc(C(N)=S)s1. The monoisotopic (exact) mass is 292 g/mol. The van der Waals surface area contributed by atoms with Crippen LogP contribution in [0.2, 0.25) is 0 Å². The number of nitrogens with zero attached hydrogens (tertiary/aromatic N) is 1. The molecule has 7 heteroatoms. The minimum Gasteiger partial charge on any atom is -0.389 e. The number of nitrogens with two attached hydrogens (primary N) is 1. The Balaban J connectivity index is 3.16. The molecular weight excluding hydrogens is 276 g/mol. The van der Waals surface area contributed by atoms with Gasteiger partial charge in [-0.3, -0.25) is 0 Å². The van der Waals surface area contributed by atoms with Gasteiger partial charge in [-0.05, 0) is 26.0 Å². The molecule has 2 N–H and O–H groups in total. The van der Waals surface area contributed by atoms with Crippen molar-refractivity contribution in [1.82, 2.24) is 4.31 Å². The fraction of sp³-hybridized carbons (Fsp3) is 0.500. The van der Waals surface area contributed by atoms with Crippen LogP contribution in [0.4, 0.5) is 0 Å². The first kappa shape index (κ1) is 14.6. The molecule has 0 aliphatic rings. The summed E-state index contributed by atoms with van der Waals surface area (Å²) in [6, 6.07) is 3.13. The summed E-state index contributed by atoms with van der Waals surface area (Å²) in [5.74, 6) is 0. The van der Waals surface area contributed by atoms with Gasteiger partial charge in [0.15, 0.2) is 0 Å². The Kier molecular flexibility index (Phi) is 4.65. The molecule has 1 heterocycles. The Labute approximate surface area is 111 Å². The maximum absolute atomic E-state index is 12.3. The van der Waals surface area contributed by atoms with E-state index in [0.717, 1.165) is 11.3 Å². The Morgan fingerprint density at radius 1 is 1.53 bits per heavy atom. The zero-order valence-corrected chi connectivity index (χ0v) is 12.5. The van der Waals surface area contributed by atoms with Crippen LogP contribution < -0.4 is 5.73 Å². The maximum Gasteiger partial charge on any atom is 0.252 e. The van der Waals surface area contributed by atoms with Crippen LogP contribution in [-0.2, 0) is 10.0 Å². The highest BCUT2D eigenvalue weighted by molar-refractivity contribution is 7.91. The van der Waals surface area contributed by atoms with Crippen molar-refractivity contribution in [2.45, 2.75) is 31.0 Å². The van der Waals surface area contributed by atoms with Gasteiger partial charge in [-0.15, -0.1) is 11.3 Å². The lowest BCUT2D eigenvalue weighted by Crippen LogP contribution is -2.36. The van der Waals surface area contributed by atoms with E-state index in [0.29, 0.717) is 11.4 Å². The van der Waals surface area contributed by atoms with Gasteiger partial charge in [0.25, 0.3) is 10.0 Å². The number of hydrogen-bond donors (Lipinski definition) is 1. The molecule has 0 aliphatic carbocycles. The lowest BCUT2D eigenvalue weighted by Gasteiger charge is -2.23. The summed E-state index contributed by atoms with van der Waals surface area (Å²) in [6.45, 7) is 5.96. The second-order valence-electron chi connectivity index (χ2n) is 3.79. The fourth-order valence-electron chi connectivity index (χ4n) is 1.52. The highest BCUT2D eigenvalue weighted by Crippen LogP contribution is 2.25. The molecule has 0 saturated carbocycles. The standard InChI is InChI=1S/C10H16N2O2S3/c1-4-12(7(2)3)17(13,14)9-6-5-8(16-9)10(11)15/h5-7H,4H2,1-3H3,(H2,11,15). The molecule has 17 heavy (non-hydrogen) atoms. The fourth-order valence-corrected chi connectivity index (χ4v) is 4.65. The van der Waals surface area contributed by atoms with E-state index in [-0.39, 0.29) is 15.2 Å². The molecule has 0 atom stereocenters.